The summed E-state index contributed by atoms with van der Waals surface area (Å²) < 4.78 is 4.68. The molecule has 0 saturated carbocycles. The predicted molar refractivity (Wildman–Crippen MR) is 177 cm³/mol. The fraction of sp³-hybridized carbons (Fsp3) is 0. The smallest absolute Gasteiger partial charge is 0.0913 e. The van der Waals surface area contributed by atoms with Crippen molar-refractivity contribution in [1.82, 2.24) is 4.67 Å². The molecule has 0 unspecified atom stereocenters. The number of benzene rings is 7. The molecule has 0 spiro atoms. The molecule has 7 aromatic carbocycles. The minimum absolute atomic E-state index is 1.01. The lowest BCUT2D eigenvalue weighted by Crippen LogP contribution is -1.96. The summed E-state index contributed by atoms with van der Waals surface area (Å²) in [4.78, 5) is 0. The van der Waals surface area contributed by atoms with Crippen LogP contribution in [-0.2, 0) is 0 Å². The molecule has 1 aliphatic rings. The molecule has 7 aromatic rings. The fourth-order valence-corrected chi connectivity index (χ4v) is 6.21. The van der Waals surface area contributed by atoms with Gasteiger partial charge in [0.05, 0.1) is 11.1 Å². The van der Waals surface area contributed by atoms with Crippen molar-refractivity contribution in [3.05, 3.63) is 163 Å². The van der Waals surface area contributed by atoms with Gasteiger partial charge in [-0.15, -0.1) is 0 Å². The van der Waals surface area contributed by atoms with Crippen molar-refractivity contribution in [2.75, 3.05) is 0 Å². The van der Waals surface area contributed by atoms with Gasteiger partial charge in [0.1, 0.15) is 0 Å². The summed E-state index contributed by atoms with van der Waals surface area (Å²) in [6.07, 6.45) is 4.15. The number of fused-ring (bicyclic) bond motifs is 3. The minimum Gasteiger partial charge on any atom is -0.0913 e. The number of hydrogen-bond donors (Lipinski definition) is 0. The second-order valence-corrected chi connectivity index (χ2v) is 10.6. The van der Waals surface area contributed by atoms with Crippen LogP contribution in [0.25, 0.3) is 60.1 Å². The monoisotopic (exact) mass is 520 g/mol. The highest BCUT2D eigenvalue weighted by Gasteiger charge is 2.20. The van der Waals surface area contributed by atoms with E-state index < -0.39 is 0 Å². The Morgan fingerprint density at radius 2 is 0.878 bits per heavy atom. The van der Waals surface area contributed by atoms with E-state index in [4.69, 9.17) is 0 Å². The molecule has 0 radical (unpaired) electrons. The zero-order chi connectivity index (χ0) is 27.2. The number of nitrogens with zero attached hydrogens (tertiary/aromatic N) is 1. The minimum atomic E-state index is 1.01. The zero-order valence-corrected chi connectivity index (χ0v) is 22.5. The maximum atomic E-state index is 4.68. The van der Waals surface area contributed by atoms with Crippen LogP contribution in [0.5, 0.6) is 0 Å². The molecule has 8 rings (SSSR count). The quantitative estimate of drug-likeness (QED) is 0.162. The molecular formula is C40H26N+. The molecule has 41 heavy (non-hydrogen) atoms. The maximum absolute atomic E-state index is 4.68. The van der Waals surface area contributed by atoms with Gasteiger partial charge >= 0.3 is 11.9 Å². The summed E-state index contributed by atoms with van der Waals surface area (Å²) in [6, 6.07) is 52.4. The Kier molecular flexibility index (Phi) is 5.48. The van der Waals surface area contributed by atoms with E-state index in [0.717, 1.165) is 16.8 Å². The number of rotatable bonds is 4. The maximum Gasteiger partial charge on any atom is 0.335 e. The van der Waals surface area contributed by atoms with Gasteiger partial charge in [0, 0.05) is 6.08 Å². The SMILES string of the molecule is C1=[N+]=C(c2ccccc2)C=C1c1ccc(-c2c3ccccc3c(-c3ccc4ccccc4c3)c3ccccc23)cc1. The first-order valence-corrected chi connectivity index (χ1v) is 14.0. The molecule has 0 fully saturated rings. The number of allylic oxidation sites excluding steroid dienone is 2. The van der Waals surface area contributed by atoms with Crippen molar-refractivity contribution < 1.29 is 0 Å². The summed E-state index contributed by atoms with van der Waals surface area (Å²) in [5, 5.41) is 7.60. The van der Waals surface area contributed by atoms with Crippen LogP contribution in [0, 0.1) is 0 Å². The van der Waals surface area contributed by atoms with E-state index in [9.17, 15) is 0 Å². The molecule has 0 atom stereocenters. The third kappa shape index (κ3) is 4.00. The Morgan fingerprint density at radius 3 is 1.54 bits per heavy atom. The Balaban J connectivity index is 1.28. The van der Waals surface area contributed by atoms with Crippen molar-refractivity contribution in [1.29, 1.82) is 0 Å². The first-order chi connectivity index (χ1) is 20.3. The van der Waals surface area contributed by atoms with Gasteiger partial charge in [0.25, 0.3) is 0 Å². The van der Waals surface area contributed by atoms with Crippen molar-refractivity contribution in [2.45, 2.75) is 0 Å². The Hall–Kier alpha value is -5.49. The van der Waals surface area contributed by atoms with Gasteiger partial charge in [-0.3, -0.25) is 0 Å². The second-order valence-electron chi connectivity index (χ2n) is 10.6. The first-order valence-electron chi connectivity index (χ1n) is 14.0. The third-order valence-corrected chi connectivity index (χ3v) is 8.18. The highest BCUT2D eigenvalue weighted by molar-refractivity contribution is 6.27. The van der Waals surface area contributed by atoms with Crippen LogP contribution in [0.3, 0.4) is 0 Å². The fourth-order valence-electron chi connectivity index (χ4n) is 6.21. The summed E-state index contributed by atoms with van der Waals surface area (Å²) in [7, 11) is 0. The third-order valence-electron chi connectivity index (χ3n) is 8.18. The molecule has 0 saturated heterocycles. The summed E-state index contributed by atoms with van der Waals surface area (Å²) in [6.45, 7) is 0. The van der Waals surface area contributed by atoms with Gasteiger partial charge in [-0.1, -0.05) is 132 Å². The Labute approximate surface area is 239 Å². The predicted octanol–water partition coefficient (Wildman–Crippen LogP) is 9.50. The van der Waals surface area contributed by atoms with Crippen LogP contribution in [0.4, 0.5) is 0 Å². The average Bonchev–Trinajstić information content (AvgIpc) is 3.54. The van der Waals surface area contributed by atoms with Crippen molar-refractivity contribution in [3.8, 4) is 22.3 Å². The Morgan fingerprint density at radius 1 is 0.366 bits per heavy atom. The lowest BCUT2D eigenvalue weighted by atomic mass is 9.85. The highest BCUT2D eigenvalue weighted by atomic mass is 14.6. The van der Waals surface area contributed by atoms with E-state index in [0.29, 0.717) is 0 Å². The van der Waals surface area contributed by atoms with Gasteiger partial charge in [0.15, 0.2) is 0 Å². The van der Waals surface area contributed by atoms with Crippen molar-refractivity contribution >= 4 is 49.8 Å². The van der Waals surface area contributed by atoms with Crippen molar-refractivity contribution in [2.24, 2.45) is 0 Å². The summed E-state index contributed by atoms with van der Waals surface area (Å²) in [5.74, 6) is 0. The first kappa shape index (κ1) is 23.4. The van der Waals surface area contributed by atoms with Crippen LogP contribution in [0.2, 0.25) is 0 Å². The van der Waals surface area contributed by atoms with E-state index >= 15 is 0 Å². The van der Waals surface area contributed by atoms with E-state index in [-0.39, 0.29) is 0 Å². The molecule has 1 aliphatic heterocycles. The molecule has 0 aromatic heterocycles. The zero-order valence-electron chi connectivity index (χ0n) is 22.5. The van der Waals surface area contributed by atoms with Crippen LogP contribution in [0.15, 0.2) is 152 Å². The van der Waals surface area contributed by atoms with Crippen molar-refractivity contribution in [3.63, 3.8) is 0 Å². The molecule has 0 bridgehead atoms. The highest BCUT2D eigenvalue weighted by Crippen LogP contribution is 2.44. The van der Waals surface area contributed by atoms with Crippen LogP contribution < -0.4 is 4.67 Å². The number of hydrogen-bond acceptors (Lipinski definition) is 0. The second kappa shape index (κ2) is 9.61. The lowest BCUT2D eigenvalue weighted by molar-refractivity contribution is 1.61. The van der Waals surface area contributed by atoms with Gasteiger partial charge in [-0.2, -0.15) is 0 Å². The van der Waals surface area contributed by atoms with E-state index in [1.54, 1.807) is 0 Å². The topological polar surface area (TPSA) is 14.1 Å². The molecule has 0 aliphatic carbocycles. The van der Waals surface area contributed by atoms with Gasteiger partial charge in [-0.05, 0) is 78.3 Å². The molecular weight excluding hydrogens is 494 g/mol. The standard InChI is InChI=1S/C40H26N/c1-2-11-29(12-3-1)38-25-33(26-41-38)28-18-21-30(22-19-28)39-34-14-6-8-16-36(34)40(37-17-9-7-15-35(37)39)32-23-20-27-10-4-5-13-31(27)24-32/h1-26H/q+1. The molecule has 0 N–H and O–H groups in total. The summed E-state index contributed by atoms with van der Waals surface area (Å²) >= 11 is 0. The molecule has 190 valence electrons. The van der Waals surface area contributed by atoms with Gasteiger partial charge in [0.2, 0.25) is 0 Å². The van der Waals surface area contributed by atoms with Gasteiger partial charge < -0.3 is 0 Å². The summed E-state index contributed by atoms with van der Waals surface area (Å²) in [5.41, 5.74) is 9.48. The lowest BCUT2D eigenvalue weighted by Gasteiger charge is -2.18. The average molecular weight is 521 g/mol. The largest absolute Gasteiger partial charge is 0.335 e. The Bertz CT molecular complexity index is 2150. The molecule has 1 heteroatoms. The van der Waals surface area contributed by atoms with Gasteiger partial charge in [-0.25, -0.2) is 0 Å². The van der Waals surface area contributed by atoms with Crippen LogP contribution in [0.1, 0.15) is 11.1 Å². The van der Waals surface area contributed by atoms with Crippen LogP contribution >= 0.6 is 0 Å². The van der Waals surface area contributed by atoms with E-state index in [1.807, 2.05) is 12.3 Å². The molecule has 1 heterocycles. The molecule has 1 nitrogen and oxygen atoms in total. The van der Waals surface area contributed by atoms with Crippen LogP contribution in [-0.4, -0.2) is 11.9 Å². The van der Waals surface area contributed by atoms with E-state index in [2.05, 4.69) is 150 Å². The normalized spacial score (nSPS) is 12.7. The molecule has 0 amide bonds. The van der Waals surface area contributed by atoms with E-state index in [1.165, 1.54) is 60.1 Å².